The first-order valence-electron chi connectivity index (χ1n) is 11.1. The summed E-state index contributed by atoms with van der Waals surface area (Å²) in [4.78, 5) is 26.1. The Morgan fingerprint density at radius 1 is 1.08 bits per heavy atom. The number of benzene rings is 2. The van der Waals surface area contributed by atoms with Crippen molar-refractivity contribution < 1.29 is 32.2 Å². The minimum atomic E-state index is -5.11. The minimum absolute atomic E-state index is 0.00113. The Bertz CT molecular complexity index is 1340. The summed E-state index contributed by atoms with van der Waals surface area (Å²) >= 11 is 6.40. The van der Waals surface area contributed by atoms with Crippen molar-refractivity contribution in [1.29, 1.82) is 0 Å². The highest BCUT2D eigenvalue weighted by atomic mass is 35.5. The van der Waals surface area contributed by atoms with Gasteiger partial charge in [0.25, 0.3) is 0 Å². The Morgan fingerprint density at radius 2 is 1.72 bits per heavy atom. The number of hydrogen-bond donors (Lipinski definition) is 2. The van der Waals surface area contributed by atoms with Gasteiger partial charge in [-0.2, -0.15) is 13.2 Å². The molecule has 0 saturated carbocycles. The average molecular weight is 526 g/mol. The van der Waals surface area contributed by atoms with Crippen molar-refractivity contribution in [1.82, 2.24) is 4.98 Å². The summed E-state index contributed by atoms with van der Waals surface area (Å²) < 4.78 is 62.1. The molecule has 2 N–H and O–H groups in total. The quantitative estimate of drug-likeness (QED) is 0.287. The molecule has 0 aliphatic carbocycles. The molecule has 2 aromatic carbocycles. The molecule has 5 nitrogen and oxygen atoms in total. The van der Waals surface area contributed by atoms with Crippen LogP contribution in [0.25, 0.3) is 11.1 Å². The third kappa shape index (κ3) is 5.03. The number of ether oxygens (including phenoxy) is 1. The number of pyridine rings is 1. The first-order chi connectivity index (χ1) is 16.8. The fourth-order valence-corrected chi connectivity index (χ4v) is 4.48. The van der Waals surface area contributed by atoms with Crippen LogP contribution in [0.2, 0.25) is 5.02 Å². The summed E-state index contributed by atoms with van der Waals surface area (Å²) in [5.74, 6) is -3.20. The Kier molecular flexibility index (Phi) is 7.95. The number of aromatic amines is 1. The molecule has 0 amide bonds. The maximum atomic E-state index is 14.4. The summed E-state index contributed by atoms with van der Waals surface area (Å²) in [6.45, 7) is 4.39. The average Bonchev–Trinajstić information content (AvgIpc) is 2.82. The number of esters is 1. The molecule has 1 heterocycles. The Labute approximate surface area is 209 Å². The third-order valence-corrected chi connectivity index (χ3v) is 6.41. The molecule has 2 atom stereocenters. The van der Waals surface area contributed by atoms with Crippen molar-refractivity contribution in [3.8, 4) is 11.1 Å². The second kappa shape index (κ2) is 10.4. The number of aryl methyl sites for hydroxylation is 1. The molecule has 0 fully saturated rings. The second-order valence-electron chi connectivity index (χ2n) is 8.21. The van der Waals surface area contributed by atoms with E-state index in [1.165, 1.54) is 37.3 Å². The van der Waals surface area contributed by atoms with Crippen LogP contribution in [0.4, 0.5) is 17.6 Å². The lowest BCUT2D eigenvalue weighted by molar-refractivity contribution is -0.275. The summed E-state index contributed by atoms with van der Waals surface area (Å²) in [5, 5.41) is 11.1. The van der Waals surface area contributed by atoms with E-state index in [0.717, 1.165) is 18.2 Å². The van der Waals surface area contributed by atoms with Crippen LogP contribution in [0.3, 0.4) is 0 Å². The summed E-state index contributed by atoms with van der Waals surface area (Å²) in [6, 6.07) is 9.82. The van der Waals surface area contributed by atoms with E-state index in [-0.39, 0.29) is 34.9 Å². The van der Waals surface area contributed by atoms with Crippen LogP contribution in [0.5, 0.6) is 0 Å². The predicted octanol–water partition coefficient (Wildman–Crippen LogP) is 6.13. The zero-order chi connectivity index (χ0) is 26.8. The van der Waals surface area contributed by atoms with Gasteiger partial charge in [0.15, 0.2) is 5.60 Å². The highest BCUT2D eigenvalue weighted by Gasteiger charge is 2.59. The second-order valence-corrected chi connectivity index (χ2v) is 8.61. The maximum absolute atomic E-state index is 14.4. The van der Waals surface area contributed by atoms with E-state index in [1.807, 2.05) is 0 Å². The van der Waals surface area contributed by atoms with Crippen molar-refractivity contribution in [3.05, 3.63) is 92.1 Å². The van der Waals surface area contributed by atoms with Crippen molar-refractivity contribution in [2.45, 2.75) is 44.9 Å². The summed E-state index contributed by atoms with van der Waals surface area (Å²) in [7, 11) is 0. The topological polar surface area (TPSA) is 79.4 Å². The van der Waals surface area contributed by atoms with Gasteiger partial charge in [0.05, 0.1) is 12.2 Å². The molecule has 1 aromatic heterocycles. The van der Waals surface area contributed by atoms with Gasteiger partial charge in [0.2, 0.25) is 5.56 Å². The zero-order valence-electron chi connectivity index (χ0n) is 19.7. The smallest absolute Gasteiger partial charge is 0.422 e. The Hall–Kier alpha value is -3.17. The van der Waals surface area contributed by atoms with E-state index < -0.39 is 40.6 Å². The first kappa shape index (κ1) is 27.4. The fourth-order valence-electron chi connectivity index (χ4n) is 4.14. The molecule has 3 rings (SSSR count). The fraction of sp³-hybridized carbons (Fsp3) is 0.308. The summed E-state index contributed by atoms with van der Waals surface area (Å²) in [6.07, 6.45) is -5.06. The van der Waals surface area contributed by atoms with Crippen LogP contribution in [-0.4, -0.2) is 28.8 Å². The highest BCUT2D eigenvalue weighted by molar-refractivity contribution is 6.31. The number of carbonyl (C=O) groups is 1. The Morgan fingerprint density at radius 3 is 2.31 bits per heavy atom. The van der Waals surface area contributed by atoms with Crippen LogP contribution < -0.4 is 5.56 Å². The third-order valence-electron chi connectivity index (χ3n) is 6.09. The van der Waals surface area contributed by atoms with E-state index in [0.29, 0.717) is 11.1 Å². The molecule has 0 aliphatic heterocycles. The molecule has 0 saturated heterocycles. The number of aliphatic hydroxyl groups is 1. The molecule has 36 heavy (non-hydrogen) atoms. The lowest BCUT2D eigenvalue weighted by Gasteiger charge is -2.38. The molecular weight excluding hydrogens is 502 g/mol. The molecule has 10 heteroatoms. The van der Waals surface area contributed by atoms with Gasteiger partial charge >= 0.3 is 12.1 Å². The van der Waals surface area contributed by atoms with Gasteiger partial charge in [-0.15, -0.1) is 0 Å². The number of halogens is 5. The van der Waals surface area contributed by atoms with E-state index in [9.17, 15) is 32.3 Å². The standard InChI is InChI=1S/C26H24ClF4NO4/c1-4-22-19(9-11-23(33)32-22)25(35,26(29,30)31)14(3)17-8-6-16(13-20(17)27)15-7-10-21(28)18(12-15)24(34)36-5-2/h6-14,35H,4-5H2,1-3H3,(H,32,33). The number of aromatic nitrogens is 1. The highest BCUT2D eigenvalue weighted by Crippen LogP contribution is 2.50. The number of nitrogens with one attached hydrogen (secondary N) is 1. The van der Waals surface area contributed by atoms with Crippen LogP contribution in [0.1, 0.15) is 53.9 Å². The SMILES string of the molecule is CCOC(=O)c1cc(-c2ccc(C(C)C(O)(c3ccc(=O)[nH]c3CC)C(F)(F)F)c(Cl)c2)ccc1F. The number of rotatable bonds is 7. The van der Waals surface area contributed by atoms with Crippen molar-refractivity contribution in [2.24, 2.45) is 0 Å². The minimum Gasteiger partial charge on any atom is -0.462 e. The number of carbonyl (C=O) groups excluding carboxylic acids is 1. The van der Waals surface area contributed by atoms with Crippen LogP contribution in [0, 0.1) is 5.82 Å². The van der Waals surface area contributed by atoms with E-state index in [1.54, 1.807) is 13.8 Å². The first-order valence-corrected chi connectivity index (χ1v) is 11.5. The molecule has 2 unspecified atom stereocenters. The van der Waals surface area contributed by atoms with E-state index >= 15 is 0 Å². The molecule has 0 aliphatic rings. The van der Waals surface area contributed by atoms with E-state index in [4.69, 9.17) is 16.3 Å². The van der Waals surface area contributed by atoms with Gasteiger partial charge in [-0.3, -0.25) is 4.79 Å². The van der Waals surface area contributed by atoms with Crippen LogP contribution in [-0.2, 0) is 16.8 Å². The normalized spacial score (nSPS) is 14.2. The van der Waals surface area contributed by atoms with Crippen molar-refractivity contribution in [3.63, 3.8) is 0 Å². The Balaban J connectivity index is 2.09. The van der Waals surface area contributed by atoms with Crippen molar-refractivity contribution in [2.75, 3.05) is 6.61 Å². The van der Waals surface area contributed by atoms with Gasteiger partial charge in [0, 0.05) is 28.3 Å². The molecule has 0 spiro atoms. The largest absolute Gasteiger partial charge is 0.462 e. The maximum Gasteiger partial charge on any atom is 0.422 e. The number of alkyl halides is 3. The van der Waals surface area contributed by atoms with Gasteiger partial charge in [0.1, 0.15) is 5.82 Å². The monoisotopic (exact) mass is 525 g/mol. The van der Waals surface area contributed by atoms with Gasteiger partial charge in [-0.25, -0.2) is 9.18 Å². The summed E-state index contributed by atoms with van der Waals surface area (Å²) in [5.41, 5.74) is -3.95. The van der Waals surface area contributed by atoms with Crippen molar-refractivity contribution >= 4 is 17.6 Å². The lowest BCUT2D eigenvalue weighted by atomic mass is 9.76. The molecular formula is C26H24ClF4NO4. The molecule has 192 valence electrons. The lowest BCUT2D eigenvalue weighted by Crippen LogP contribution is -2.47. The van der Waals surface area contributed by atoms with Crippen LogP contribution in [0.15, 0.2) is 53.3 Å². The molecule has 0 bridgehead atoms. The van der Waals surface area contributed by atoms with Gasteiger partial charge < -0.3 is 14.8 Å². The predicted molar refractivity (Wildman–Crippen MR) is 128 cm³/mol. The van der Waals surface area contributed by atoms with Gasteiger partial charge in [-0.05, 0) is 54.3 Å². The molecule has 0 radical (unpaired) electrons. The number of hydrogen-bond acceptors (Lipinski definition) is 4. The number of H-pyrrole nitrogens is 1. The zero-order valence-corrected chi connectivity index (χ0v) is 20.4. The van der Waals surface area contributed by atoms with Gasteiger partial charge in [-0.1, -0.05) is 43.6 Å². The van der Waals surface area contributed by atoms with E-state index in [2.05, 4.69) is 4.98 Å². The van der Waals surface area contributed by atoms with Crippen LogP contribution >= 0.6 is 11.6 Å². The molecule has 3 aromatic rings.